The van der Waals surface area contributed by atoms with Crippen LogP contribution in [0.25, 0.3) is 21.9 Å². The SMILES string of the molecule is CCCC[C@@H](COP(=O)(N[C@@H](C)C(=O)OCC)Oc1ccccc1)n1c(COCC)nc2c(N)nc3ccccc3c21. The molecule has 42 heavy (non-hydrogen) atoms. The molecule has 2 heterocycles. The number of hydrogen-bond donors (Lipinski definition) is 2. The number of nitrogens with one attached hydrogen (secondary N) is 1. The third kappa shape index (κ3) is 7.46. The highest BCUT2D eigenvalue weighted by molar-refractivity contribution is 7.52. The Balaban J connectivity index is 1.77. The molecule has 3 atom stereocenters. The van der Waals surface area contributed by atoms with E-state index in [1.807, 2.05) is 37.3 Å². The number of pyridine rings is 1. The smallest absolute Gasteiger partial charge is 0.459 e. The molecule has 0 aliphatic rings. The maximum atomic E-state index is 14.2. The molecule has 2 aromatic carbocycles. The first-order valence-corrected chi connectivity index (χ1v) is 15.9. The standard InChI is InChI=1S/C30H40N5O6P/c1-5-8-14-22(19-40-42(37,34-21(4)30(36)39-7-3)41-23-15-10-9-11-16-23)35-26(20-38-6-2)33-27-28(35)24-17-12-13-18-25(24)32-29(27)31/h9-13,15-18,21-22H,5-8,14,19-20H2,1-4H3,(H2,31,32)(H,34,37)/t21-,22-,42?/m0/s1. The molecule has 0 spiro atoms. The van der Waals surface area contributed by atoms with Crippen LogP contribution >= 0.6 is 7.75 Å². The van der Waals surface area contributed by atoms with Crippen molar-refractivity contribution in [1.82, 2.24) is 19.6 Å². The van der Waals surface area contributed by atoms with Crippen molar-refractivity contribution in [3.8, 4) is 5.75 Å². The lowest BCUT2D eigenvalue weighted by Gasteiger charge is -2.27. The van der Waals surface area contributed by atoms with Crippen LogP contribution in [0.1, 0.15) is 58.8 Å². The van der Waals surface area contributed by atoms with Crippen LogP contribution in [0.3, 0.4) is 0 Å². The molecule has 0 saturated heterocycles. The summed E-state index contributed by atoms with van der Waals surface area (Å²) in [5.41, 5.74) is 8.51. The topological polar surface area (TPSA) is 140 Å². The van der Waals surface area contributed by atoms with Crippen molar-refractivity contribution in [3.63, 3.8) is 0 Å². The fourth-order valence-corrected chi connectivity index (χ4v) is 6.26. The molecule has 1 unspecified atom stereocenters. The van der Waals surface area contributed by atoms with Crippen LogP contribution in [0.5, 0.6) is 5.75 Å². The lowest BCUT2D eigenvalue weighted by Crippen LogP contribution is -2.35. The van der Waals surface area contributed by atoms with E-state index < -0.39 is 19.8 Å². The van der Waals surface area contributed by atoms with Gasteiger partial charge in [-0.15, -0.1) is 0 Å². The second-order valence-corrected chi connectivity index (χ2v) is 11.5. The van der Waals surface area contributed by atoms with E-state index in [2.05, 4.69) is 21.6 Å². The van der Waals surface area contributed by atoms with Crippen molar-refractivity contribution in [3.05, 3.63) is 60.4 Å². The number of carbonyl (C=O) groups excluding carboxylic acids is 1. The Morgan fingerprint density at radius 1 is 1.05 bits per heavy atom. The van der Waals surface area contributed by atoms with Crippen LogP contribution in [0, 0.1) is 0 Å². The number of imidazole rings is 1. The number of hydrogen-bond acceptors (Lipinski definition) is 9. The summed E-state index contributed by atoms with van der Waals surface area (Å²) in [6.07, 6.45) is 2.50. The summed E-state index contributed by atoms with van der Waals surface area (Å²) >= 11 is 0. The number of nitrogen functional groups attached to an aromatic ring is 1. The lowest BCUT2D eigenvalue weighted by atomic mass is 10.1. The van der Waals surface area contributed by atoms with Gasteiger partial charge in [0.25, 0.3) is 0 Å². The molecule has 12 heteroatoms. The van der Waals surface area contributed by atoms with Gasteiger partial charge in [-0.3, -0.25) is 9.32 Å². The zero-order chi connectivity index (χ0) is 30.1. The van der Waals surface area contributed by atoms with E-state index in [-0.39, 0.29) is 25.9 Å². The van der Waals surface area contributed by atoms with Gasteiger partial charge in [0.05, 0.1) is 30.3 Å². The van der Waals surface area contributed by atoms with Gasteiger partial charge in [0, 0.05) is 12.0 Å². The zero-order valence-electron chi connectivity index (χ0n) is 24.6. The Morgan fingerprint density at radius 3 is 2.50 bits per heavy atom. The van der Waals surface area contributed by atoms with Crippen molar-refractivity contribution in [2.75, 3.05) is 25.6 Å². The average molecular weight is 598 g/mol. The van der Waals surface area contributed by atoms with Gasteiger partial charge in [0.15, 0.2) is 5.82 Å². The third-order valence-corrected chi connectivity index (χ3v) is 8.36. The molecule has 226 valence electrons. The number of aromatic nitrogens is 3. The van der Waals surface area contributed by atoms with Gasteiger partial charge < -0.3 is 24.3 Å². The summed E-state index contributed by atoms with van der Waals surface area (Å²) in [6, 6.07) is 15.2. The molecule has 4 rings (SSSR count). The average Bonchev–Trinajstić information content (AvgIpc) is 3.37. The third-order valence-electron chi connectivity index (χ3n) is 6.72. The van der Waals surface area contributed by atoms with Gasteiger partial charge >= 0.3 is 13.7 Å². The van der Waals surface area contributed by atoms with E-state index in [4.69, 9.17) is 29.2 Å². The molecule has 0 aliphatic heterocycles. The summed E-state index contributed by atoms with van der Waals surface area (Å²) in [7, 11) is -4.07. The highest BCUT2D eigenvalue weighted by Crippen LogP contribution is 2.46. The van der Waals surface area contributed by atoms with E-state index in [1.54, 1.807) is 38.1 Å². The molecule has 0 radical (unpaired) electrons. The van der Waals surface area contributed by atoms with Crippen LogP contribution < -0.4 is 15.3 Å². The molecule has 3 N–H and O–H groups in total. The number of nitrogens with zero attached hydrogens (tertiary/aromatic N) is 3. The van der Waals surface area contributed by atoms with Crippen molar-refractivity contribution in [2.45, 2.75) is 65.6 Å². The number of benzene rings is 2. The molecular weight excluding hydrogens is 557 g/mol. The predicted octanol–water partition coefficient (Wildman–Crippen LogP) is 6.18. The minimum Gasteiger partial charge on any atom is -0.465 e. The Kier molecular flexibility index (Phi) is 10.9. The Morgan fingerprint density at radius 2 is 1.79 bits per heavy atom. The Bertz CT molecular complexity index is 1530. The van der Waals surface area contributed by atoms with Gasteiger partial charge in [-0.1, -0.05) is 56.2 Å². The number of esters is 1. The fourth-order valence-electron chi connectivity index (χ4n) is 4.74. The normalized spacial score (nSPS) is 14.5. The van der Waals surface area contributed by atoms with E-state index in [0.29, 0.717) is 35.9 Å². The van der Waals surface area contributed by atoms with Crippen LogP contribution in [0.15, 0.2) is 54.6 Å². The molecule has 0 bridgehead atoms. The molecule has 0 amide bonds. The van der Waals surface area contributed by atoms with Crippen molar-refractivity contribution in [1.29, 1.82) is 0 Å². The van der Waals surface area contributed by atoms with E-state index in [1.165, 1.54) is 0 Å². The van der Waals surface area contributed by atoms with Crippen molar-refractivity contribution in [2.24, 2.45) is 0 Å². The summed E-state index contributed by atoms with van der Waals surface area (Å²) in [5.74, 6) is 0.755. The van der Waals surface area contributed by atoms with Crippen LogP contribution in [-0.4, -0.2) is 46.4 Å². The highest BCUT2D eigenvalue weighted by Gasteiger charge is 2.34. The van der Waals surface area contributed by atoms with Gasteiger partial charge in [0.2, 0.25) is 0 Å². The monoisotopic (exact) mass is 597 g/mol. The number of nitrogens with two attached hydrogens (primary N) is 1. The predicted molar refractivity (Wildman–Crippen MR) is 163 cm³/mol. The first-order valence-electron chi connectivity index (χ1n) is 14.4. The molecule has 0 aliphatic carbocycles. The van der Waals surface area contributed by atoms with Crippen molar-refractivity contribution < 1.29 is 27.9 Å². The Labute approximate surface area is 246 Å². The number of fused-ring (bicyclic) bond motifs is 3. The van der Waals surface area contributed by atoms with E-state index >= 15 is 0 Å². The number of ether oxygens (including phenoxy) is 2. The van der Waals surface area contributed by atoms with Crippen molar-refractivity contribution >= 4 is 41.5 Å². The second kappa shape index (κ2) is 14.6. The molecule has 4 aromatic rings. The summed E-state index contributed by atoms with van der Waals surface area (Å²) in [5, 5.41) is 3.65. The first kappa shape index (κ1) is 31.4. The maximum Gasteiger partial charge on any atom is 0.459 e. The number of unbranched alkanes of at least 4 members (excludes halogenated alkanes) is 1. The van der Waals surface area contributed by atoms with Gasteiger partial charge in [-0.2, -0.15) is 5.09 Å². The molecular formula is C30H40N5O6P. The minimum atomic E-state index is -4.07. The summed E-state index contributed by atoms with van der Waals surface area (Å²) in [4.78, 5) is 21.8. The lowest BCUT2D eigenvalue weighted by molar-refractivity contribution is -0.144. The molecule has 0 fully saturated rings. The van der Waals surface area contributed by atoms with Crippen LogP contribution in [0.4, 0.5) is 5.82 Å². The highest BCUT2D eigenvalue weighted by atomic mass is 31.2. The van der Waals surface area contributed by atoms with Crippen LogP contribution in [0.2, 0.25) is 0 Å². The largest absolute Gasteiger partial charge is 0.465 e. The van der Waals surface area contributed by atoms with E-state index in [0.717, 1.165) is 29.3 Å². The summed E-state index contributed by atoms with van der Waals surface area (Å²) < 4.78 is 39.2. The molecule has 11 nitrogen and oxygen atoms in total. The first-order chi connectivity index (χ1) is 20.3. The minimum absolute atomic E-state index is 0.00615. The Hall–Kier alpha value is -3.50. The molecule has 0 saturated carbocycles. The van der Waals surface area contributed by atoms with Gasteiger partial charge in [0.1, 0.15) is 29.7 Å². The van der Waals surface area contributed by atoms with E-state index in [9.17, 15) is 9.36 Å². The van der Waals surface area contributed by atoms with Gasteiger partial charge in [-0.05, 0) is 45.4 Å². The van der Waals surface area contributed by atoms with Crippen LogP contribution in [-0.2, 0) is 30.0 Å². The fraction of sp³-hybridized carbons (Fsp3) is 0.433. The number of carbonyl (C=O) groups is 1. The van der Waals surface area contributed by atoms with Gasteiger partial charge in [-0.25, -0.2) is 14.5 Å². The second-order valence-electron chi connectivity index (χ2n) is 9.84. The maximum absolute atomic E-state index is 14.2. The number of rotatable bonds is 16. The number of para-hydroxylation sites is 2. The zero-order valence-corrected chi connectivity index (χ0v) is 25.5. The number of anilines is 1. The molecule has 2 aromatic heterocycles. The summed E-state index contributed by atoms with van der Waals surface area (Å²) in [6.45, 7) is 8.23. The quantitative estimate of drug-likeness (QED) is 0.114.